The highest BCUT2D eigenvalue weighted by Crippen LogP contribution is 2.37. The Labute approximate surface area is 207 Å². The van der Waals surface area contributed by atoms with Crippen molar-refractivity contribution in [3.05, 3.63) is 29.3 Å². The molecule has 4 rings (SSSR count). The molecule has 2 fully saturated rings. The van der Waals surface area contributed by atoms with Gasteiger partial charge in [0.2, 0.25) is 11.8 Å². The van der Waals surface area contributed by atoms with Crippen LogP contribution in [0.25, 0.3) is 0 Å². The van der Waals surface area contributed by atoms with Crippen LogP contribution in [0.1, 0.15) is 73.7 Å². The van der Waals surface area contributed by atoms with Gasteiger partial charge in [0.1, 0.15) is 0 Å². The molecule has 1 saturated carbocycles. The summed E-state index contributed by atoms with van der Waals surface area (Å²) >= 11 is 0. The highest BCUT2D eigenvalue weighted by Gasteiger charge is 2.41. The van der Waals surface area contributed by atoms with Crippen molar-refractivity contribution in [2.45, 2.75) is 76.4 Å². The number of hydrogen-bond acceptors (Lipinski definition) is 6. The number of amides is 3. The molecule has 184 valence electrons. The van der Waals surface area contributed by atoms with E-state index in [1.165, 1.54) is 5.01 Å². The zero-order valence-corrected chi connectivity index (χ0v) is 20.5. The summed E-state index contributed by atoms with van der Waals surface area (Å²) in [6, 6.07) is 6.39. The number of imide groups is 1. The molecule has 10 heteroatoms. The molecule has 2 aliphatic heterocycles. The summed E-state index contributed by atoms with van der Waals surface area (Å²) in [5, 5.41) is 2.42. The third-order valence-corrected chi connectivity index (χ3v) is 6.76. The SMILES string of the molecule is Cl.Cl.NCCCCN(c1cccc2c1CN(N1C(=O)CCCC1=O)C2=O)C1CCC(N)CC1. The van der Waals surface area contributed by atoms with Crippen molar-refractivity contribution in [1.29, 1.82) is 0 Å². The number of hydrogen-bond donors (Lipinski definition) is 2. The molecule has 4 N–H and O–H groups in total. The molecule has 1 aromatic rings. The fraction of sp³-hybridized carbons (Fsp3) is 0.609. The van der Waals surface area contributed by atoms with Gasteiger partial charge in [0.15, 0.2) is 0 Å². The number of nitrogens with zero attached hydrogens (tertiary/aromatic N) is 3. The maximum atomic E-state index is 13.2. The number of hydrazine groups is 1. The van der Waals surface area contributed by atoms with Gasteiger partial charge in [-0.1, -0.05) is 6.07 Å². The van der Waals surface area contributed by atoms with Crippen molar-refractivity contribution in [3.63, 3.8) is 0 Å². The Morgan fingerprint density at radius 2 is 1.64 bits per heavy atom. The van der Waals surface area contributed by atoms with Crippen LogP contribution in [0.5, 0.6) is 0 Å². The average molecular weight is 500 g/mol. The molecule has 3 amide bonds. The first-order valence-electron chi connectivity index (χ1n) is 11.5. The maximum absolute atomic E-state index is 13.2. The van der Waals surface area contributed by atoms with Gasteiger partial charge >= 0.3 is 0 Å². The normalized spacial score (nSPS) is 22.5. The molecular formula is C23H35Cl2N5O3. The highest BCUT2D eigenvalue weighted by molar-refractivity contribution is 6.05. The third kappa shape index (κ3) is 5.62. The van der Waals surface area contributed by atoms with E-state index in [0.717, 1.165) is 61.3 Å². The monoisotopic (exact) mass is 499 g/mol. The van der Waals surface area contributed by atoms with E-state index >= 15 is 0 Å². The lowest BCUT2D eigenvalue weighted by Crippen LogP contribution is -2.52. The van der Waals surface area contributed by atoms with Crippen LogP contribution in [-0.4, -0.2) is 52.9 Å². The molecule has 0 radical (unpaired) electrons. The Morgan fingerprint density at radius 3 is 2.27 bits per heavy atom. The standard InChI is InChI=1S/C23H33N5O3.2ClH/c24-13-1-2-14-26(17-11-9-16(25)10-12-17)20-6-3-5-18-19(20)15-27(23(18)31)28-21(29)7-4-8-22(28)30;;/h3,5-6,16-17H,1-2,4,7-15,24-25H2;2*1H. The minimum atomic E-state index is -0.292. The Kier molecular flexibility index (Phi) is 9.97. The fourth-order valence-corrected chi connectivity index (χ4v) is 5.08. The van der Waals surface area contributed by atoms with Gasteiger partial charge < -0.3 is 16.4 Å². The number of halogens is 2. The van der Waals surface area contributed by atoms with Gasteiger partial charge in [-0.15, -0.1) is 24.8 Å². The van der Waals surface area contributed by atoms with E-state index in [-0.39, 0.29) is 55.1 Å². The Balaban J connectivity index is 0.00000193. The van der Waals surface area contributed by atoms with E-state index in [9.17, 15) is 14.4 Å². The molecule has 33 heavy (non-hydrogen) atoms. The second-order valence-electron chi connectivity index (χ2n) is 8.88. The van der Waals surface area contributed by atoms with Gasteiger partial charge in [0.25, 0.3) is 5.91 Å². The average Bonchev–Trinajstić information content (AvgIpc) is 3.09. The minimum absolute atomic E-state index is 0. The van der Waals surface area contributed by atoms with E-state index in [1.807, 2.05) is 6.07 Å². The summed E-state index contributed by atoms with van der Waals surface area (Å²) in [4.78, 5) is 40.5. The molecule has 0 atom stereocenters. The van der Waals surface area contributed by atoms with Crippen molar-refractivity contribution in [2.75, 3.05) is 18.0 Å². The van der Waals surface area contributed by atoms with Crippen LogP contribution in [0.15, 0.2) is 18.2 Å². The molecular weight excluding hydrogens is 465 g/mol. The number of nitrogens with two attached hydrogens (primary N) is 2. The van der Waals surface area contributed by atoms with Gasteiger partial charge in [-0.2, -0.15) is 5.01 Å². The van der Waals surface area contributed by atoms with Crippen LogP contribution in [0.2, 0.25) is 0 Å². The van der Waals surface area contributed by atoms with Crippen LogP contribution in [-0.2, 0) is 16.1 Å². The lowest BCUT2D eigenvalue weighted by Gasteiger charge is -2.39. The number of anilines is 1. The molecule has 1 aliphatic carbocycles. The molecule has 3 aliphatic rings. The number of piperidine rings is 1. The zero-order valence-electron chi connectivity index (χ0n) is 18.9. The first-order chi connectivity index (χ1) is 15.0. The van der Waals surface area contributed by atoms with E-state index in [0.29, 0.717) is 37.4 Å². The molecule has 8 nitrogen and oxygen atoms in total. The van der Waals surface area contributed by atoms with Crippen LogP contribution < -0.4 is 16.4 Å². The van der Waals surface area contributed by atoms with Crippen LogP contribution in [0.4, 0.5) is 5.69 Å². The zero-order chi connectivity index (χ0) is 22.0. The fourth-order valence-electron chi connectivity index (χ4n) is 5.08. The summed E-state index contributed by atoms with van der Waals surface area (Å²) in [5.74, 6) is -0.854. The summed E-state index contributed by atoms with van der Waals surface area (Å²) in [7, 11) is 0. The van der Waals surface area contributed by atoms with Crippen LogP contribution in [0, 0.1) is 0 Å². The minimum Gasteiger partial charge on any atom is -0.368 e. The second kappa shape index (κ2) is 12.0. The summed E-state index contributed by atoms with van der Waals surface area (Å²) in [5.41, 5.74) is 14.4. The molecule has 1 saturated heterocycles. The second-order valence-corrected chi connectivity index (χ2v) is 8.88. The number of benzene rings is 1. The van der Waals surface area contributed by atoms with E-state index in [1.54, 1.807) is 6.07 Å². The molecule has 0 unspecified atom stereocenters. The Hall–Kier alpha value is -1.87. The number of rotatable bonds is 7. The van der Waals surface area contributed by atoms with Gasteiger partial charge in [-0.3, -0.25) is 14.4 Å². The number of carbonyl (C=O) groups is 3. The molecule has 0 aromatic heterocycles. The van der Waals surface area contributed by atoms with E-state index in [2.05, 4.69) is 11.0 Å². The lowest BCUT2D eigenvalue weighted by atomic mass is 9.89. The summed E-state index contributed by atoms with van der Waals surface area (Å²) < 4.78 is 0. The predicted octanol–water partition coefficient (Wildman–Crippen LogP) is 2.76. The van der Waals surface area contributed by atoms with Gasteiger partial charge in [-0.25, -0.2) is 5.01 Å². The third-order valence-electron chi connectivity index (χ3n) is 6.76. The number of fused-ring (bicyclic) bond motifs is 1. The Bertz CT molecular complexity index is 844. The van der Waals surface area contributed by atoms with Crippen molar-refractivity contribution in [1.82, 2.24) is 10.0 Å². The van der Waals surface area contributed by atoms with Crippen molar-refractivity contribution >= 4 is 48.2 Å². The summed E-state index contributed by atoms with van der Waals surface area (Å²) in [6.45, 7) is 1.77. The molecule has 0 spiro atoms. The first-order valence-corrected chi connectivity index (χ1v) is 11.5. The quantitative estimate of drug-likeness (QED) is 0.440. The molecule has 2 heterocycles. The van der Waals surface area contributed by atoms with Crippen molar-refractivity contribution in [3.8, 4) is 0 Å². The first kappa shape index (κ1) is 27.4. The van der Waals surface area contributed by atoms with Crippen molar-refractivity contribution in [2.24, 2.45) is 11.5 Å². The van der Waals surface area contributed by atoms with Gasteiger partial charge in [-0.05, 0) is 63.6 Å². The predicted molar refractivity (Wildman–Crippen MR) is 132 cm³/mol. The maximum Gasteiger partial charge on any atom is 0.273 e. The van der Waals surface area contributed by atoms with Crippen LogP contribution in [0.3, 0.4) is 0 Å². The molecule has 1 aromatic carbocycles. The highest BCUT2D eigenvalue weighted by atomic mass is 35.5. The van der Waals surface area contributed by atoms with Crippen molar-refractivity contribution < 1.29 is 14.4 Å². The smallest absolute Gasteiger partial charge is 0.273 e. The summed E-state index contributed by atoms with van der Waals surface area (Å²) in [6.07, 6.45) is 7.10. The lowest BCUT2D eigenvalue weighted by molar-refractivity contribution is -0.163. The number of unbranched alkanes of at least 4 members (excludes halogenated alkanes) is 1. The van der Waals surface area contributed by atoms with E-state index < -0.39 is 0 Å². The van der Waals surface area contributed by atoms with E-state index in [4.69, 9.17) is 11.5 Å². The topological polar surface area (TPSA) is 113 Å². The largest absolute Gasteiger partial charge is 0.368 e. The Morgan fingerprint density at radius 1 is 0.970 bits per heavy atom. The molecule has 0 bridgehead atoms. The van der Waals surface area contributed by atoms with Gasteiger partial charge in [0.05, 0.1) is 6.54 Å². The van der Waals surface area contributed by atoms with Crippen LogP contribution >= 0.6 is 24.8 Å². The van der Waals surface area contributed by atoms with Gasteiger partial charge in [0, 0.05) is 48.3 Å². The number of carbonyl (C=O) groups excluding carboxylic acids is 3.